The molecule has 0 spiro atoms. The standard InChI is InChI=1S/C17H21F3N2O2.C5H12O.C2H6.H2O/c18-17(19,20)16(23)22-9-5-12-1-2-15(11-13(12)6-10-22)24-14-3-7-21-8-4-14;1-5(2,3)6-4;1-2;/h1-2,11,14,21H,3-10H2;1-4H3;1-2H3;1H2. The second kappa shape index (κ2) is 14.4. The second-order valence-corrected chi connectivity index (χ2v) is 8.60. The lowest BCUT2D eigenvalue weighted by molar-refractivity contribution is -0.185. The monoisotopic (exact) mass is 478 g/mol. The maximum Gasteiger partial charge on any atom is 0.471 e. The van der Waals surface area contributed by atoms with Crippen LogP contribution >= 0.6 is 0 Å². The number of nitrogens with zero attached hydrogens (tertiary/aromatic N) is 1. The Balaban J connectivity index is 0.000000994. The van der Waals surface area contributed by atoms with Crippen molar-refractivity contribution in [3.63, 3.8) is 0 Å². The van der Waals surface area contributed by atoms with E-state index in [1.807, 2.05) is 52.8 Å². The van der Waals surface area contributed by atoms with Crippen molar-refractivity contribution in [2.75, 3.05) is 33.3 Å². The van der Waals surface area contributed by atoms with E-state index in [1.54, 1.807) is 7.11 Å². The lowest BCUT2D eigenvalue weighted by Gasteiger charge is -2.24. The third kappa shape index (κ3) is 11.2. The summed E-state index contributed by atoms with van der Waals surface area (Å²) >= 11 is 0. The molecule has 33 heavy (non-hydrogen) atoms. The number of methoxy groups -OCH3 is 1. The lowest BCUT2D eigenvalue weighted by Crippen LogP contribution is -2.42. The summed E-state index contributed by atoms with van der Waals surface area (Å²) in [5, 5.41) is 3.28. The highest BCUT2D eigenvalue weighted by Crippen LogP contribution is 2.26. The largest absolute Gasteiger partial charge is 0.490 e. The van der Waals surface area contributed by atoms with Crippen molar-refractivity contribution in [1.29, 1.82) is 0 Å². The quantitative estimate of drug-likeness (QED) is 0.698. The molecule has 3 N–H and O–H groups in total. The van der Waals surface area contributed by atoms with E-state index in [9.17, 15) is 18.0 Å². The van der Waals surface area contributed by atoms with E-state index >= 15 is 0 Å². The molecule has 2 aliphatic heterocycles. The fourth-order valence-electron chi connectivity index (χ4n) is 3.26. The second-order valence-electron chi connectivity index (χ2n) is 8.60. The van der Waals surface area contributed by atoms with E-state index in [2.05, 4.69) is 5.32 Å². The molecule has 0 atom stereocenters. The molecule has 3 rings (SSSR count). The number of nitrogens with one attached hydrogen (secondary N) is 1. The molecule has 2 heterocycles. The predicted molar refractivity (Wildman–Crippen MR) is 125 cm³/mol. The Labute approximate surface area is 196 Å². The molecule has 1 amide bonds. The minimum atomic E-state index is -4.81. The highest BCUT2D eigenvalue weighted by Gasteiger charge is 2.42. The molecule has 1 aromatic rings. The zero-order chi connectivity index (χ0) is 24.4. The molecule has 6 nitrogen and oxygen atoms in total. The molecule has 0 unspecified atom stereocenters. The number of benzene rings is 1. The van der Waals surface area contributed by atoms with Crippen LogP contribution in [-0.4, -0.2) is 67.5 Å². The van der Waals surface area contributed by atoms with E-state index < -0.39 is 12.1 Å². The van der Waals surface area contributed by atoms with Crippen molar-refractivity contribution in [2.45, 2.75) is 78.2 Å². The number of alkyl halides is 3. The smallest absolute Gasteiger partial charge is 0.471 e. The summed E-state index contributed by atoms with van der Waals surface area (Å²) in [6, 6.07) is 5.70. The first-order valence-electron chi connectivity index (χ1n) is 11.4. The summed E-state index contributed by atoms with van der Waals surface area (Å²) < 4.78 is 48.7. The van der Waals surface area contributed by atoms with Crippen molar-refractivity contribution < 1.29 is 32.9 Å². The van der Waals surface area contributed by atoms with Crippen molar-refractivity contribution in [3.8, 4) is 5.75 Å². The van der Waals surface area contributed by atoms with Gasteiger partial charge in [0.05, 0.1) is 5.60 Å². The maximum atomic E-state index is 12.6. The predicted octanol–water partition coefficient (Wildman–Crippen LogP) is 3.94. The number of carbonyl (C=O) groups is 1. The molecule has 1 fully saturated rings. The zero-order valence-electron chi connectivity index (χ0n) is 20.8. The van der Waals surface area contributed by atoms with Gasteiger partial charge >= 0.3 is 12.1 Å². The van der Waals surface area contributed by atoms with Gasteiger partial charge in [0.15, 0.2) is 0 Å². The van der Waals surface area contributed by atoms with Gasteiger partial charge in [-0.2, -0.15) is 13.2 Å². The van der Waals surface area contributed by atoms with Crippen LogP contribution in [0.1, 0.15) is 58.6 Å². The Morgan fingerprint density at radius 1 is 1.03 bits per heavy atom. The third-order valence-electron chi connectivity index (χ3n) is 5.21. The van der Waals surface area contributed by atoms with Gasteiger partial charge < -0.3 is 25.2 Å². The summed E-state index contributed by atoms with van der Waals surface area (Å²) in [4.78, 5) is 12.3. The van der Waals surface area contributed by atoms with E-state index in [-0.39, 0.29) is 30.3 Å². The van der Waals surface area contributed by atoms with Crippen LogP contribution in [0.5, 0.6) is 5.75 Å². The van der Waals surface area contributed by atoms with Crippen LogP contribution in [0, 0.1) is 0 Å². The van der Waals surface area contributed by atoms with Gasteiger partial charge in [0.2, 0.25) is 0 Å². The summed E-state index contributed by atoms with van der Waals surface area (Å²) in [5.74, 6) is -0.988. The first kappa shape index (κ1) is 31.2. The van der Waals surface area contributed by atoms with Crippen LogP contribution in [-0.2, 0) is 22.4 Å². The molecule has 0 radical (unpaired) electrons. The van der Waals surface area contributed by atoms with Gasteiger partial charge in [0, 0.05) is 20.2 Å². The first-order chi connectivity index (χ1) is 15.0. The van der Waals surface area contributed by atoms with E-state index in [0.29, 0.717) is 12.8 Å². The van der Waals surface area contributed by atoms with Gasteiger partial charge in [-0.25, -0.2) is 0 Å². The number of halogens is 3. The van der Waals surface area contributed by atoms with Crippen LogP contribution in [0.2, 0.25) is 0 Å². The Morgan fingerprint density at radius 3 is 2.03 bits per heavy atom. The molecular formula is C24H41F3N2O4. The highest BCUT2D eigenvalue weighted by molar-refractivity contribution is 5.82. The molecule has 2 aliphatic rings. The van der Waals surface area contributed by atoms with Gasteiger partial charge in [-0.3, -0.25) is 4.79 Å². The van der Waals surface area contributed by atoms with Crippen LogP contribution in [0.4, 0.5) is 13.2 Å². The molecule has 1 aromatic carbocycles. The lowest BCUT2D eigenvalue weighted by atomic mass is 10.0. The van der Waals surface area contributed by atoms with Crippen molar-refractivity contribution in [3.05, 3.63) is 29.3 Å². The average Bonchev–Trinajstić information content (AvgIpc) is 2.97. The third-order valence-corrected chi connectivity index (χ3v) is 5.21. The van der Waals surface area contributed by atoms with Crippen LogP contribution in [0.3, 0.4) is 0 Å². The summed E-state index contributed by atoms with van der Waals surface area (Å²) in [5.41, 5.74) is 2.00. The molecule has 9 heteroatoms. The van der Waals surface area contributed by atoms with Gasteiger partial charge in [0.25, 0.3) is 0 Å². The van der Waals surface area contributed by atoms with Gasteiger partial charge in [-0.1, -0.05) is 19.9 Å². The van der Waals surface area contributed by atoms with Crippen molar-refractivity contribution >= 4 is 5.91 Å². The Kier molecular flexibility index (Phi) is 13.6. The van der Waals surface area contributed by atoms with Crippen LogP contribution in [0.25, 0.3) is 0 Å². The number of ether oxygens (including phenoxy) is 2. The average molecular weight is 479 g/mol. The minimum Gasteiger partial charge on any atom is -0.490 e. The number of hydrogen-bond acceptors (Lipinski definition) is 4. The van der Waals surface area contributed by atoms with Crippen LogP contribution < -0.4 is 10.1 Å². The molecule has 0 aromatic heterocycles. The summed E-state index contributed by atoms with van der Waals surface area (Å²) in [6.45, 7) is 12.1. The molecule has 1 saturated heterocycles. The van der Waals surface area contributed by atoms with Crippen molar-refractivity contribution in [2.24, 2.45) is 0 Å². The molecule has 0 aliphatic carbocycles. The van der Waals surface area contributed by atoms with E-state index in [1.165, 1.54) is 0 Å². The number of hydrogen-bond donors (Lipinski definition) is 1. The molecule has 192 valence electrons. The van der Waals surface area contributed by atoms with E-state index in [0.717, 1.165) is 47.7 Å². The topological polar surface area (TPSA) is 82.3 Å². The summed E-state index contributed by atoms with van der Waals surface area (Å²) in [6.07, 6.45) is -1.88. The van der Waals surface area contributed by atoms with E-state index in [4.69, 9.17) is 9.47 Å². The summed E-state index contributed by atoms with van der Waals surface area (Å²) in [7, 11) is 1.71. The normalized spacial score (nSPS) is 16.6. The SMILES string of the molecule is CC.COC(C)(C)C.O.O=C(N1CCc2ccc(OC3CCNCC3)cc2CC1)C(F)(F)F. The molecule has 0 bridgehead atoms. The fraction of sp³-hybridized carbons (Fsp3) is 0.708. The minimum absolute atomic E-state index is 0. The number of rotatable bonds is 2. The Morgan fingerprint density at radius 2 is 1.55 bits per heavy atom. The molecule has 0 saturated carbocycles. The van der Waals surface area contributed by atoms with Gasteiger partial charge in [-0.15, -0.1) is 0 Å². The number of fused-ring (bicyclic) bond motifs is 1. The van der Waals surface area contributed by atoms with Gasteiger partial charge in [0.1, 0.15) is 11.9 Å². The Bertz CT molecular complexity index is 700. The highest BCUT2D eigenvalue weighted by atomic mass is 19.4. The van der Waals surface area contributed by atoms with Crippen LogP contribution in [0.15, 0.2) is 18.2 Å². The number of carbonyl (C=O) groups excluding carboxylic acids is 1. The number of piperidine rings is 1. The zero-order valence-corrected chi connectivity index (χ0v) is 20.8. The van der Waals surface area contributed by atoms with Crippen molar-refractivity contribution in [1.82, 2.24) is 10.2 Å². The molecular weight excluding hydrogens is 437 g/mol. The fourth-order valence-corrected chi connectivity index (χ4v) is 3.26. The maximum absolute atomic E-state index is 12.6. The Hall–Kier alpha value is -1.84. The van der Waals surface area contributed by atoms with Gasteiger partial charge in [-0.05, 0) is 82.8 Å². The number of amides is 1. The first-order valence-corrected chi connectivity index (χ1v) is 11.4.